The lowest BCUT2D eigenvalue weighted by atomic mass is 9.86. The Morgan fingerprint density at radius 3 is 2.73 bits per heavy atom. The van der Waals surface area contributed by atoms with Crippen molar-refractivity contribution >= 4 is 11.6 Å². The highest BCUT2D eigenvalue weighted by Crippen LogP contribution is 2.38. The highest BCUT2D eigenvalue weighted by atomic mass is 16.5. The lowest BCUT2D eigenvalue weighted by Crippen LogP contribution is -2.27. The minimum atomic E-state index is -0.0893. The number of para-hydroxylation sites is 1. The maximum Gasteiger partial charge on any atom is 0.262 e. The minimum Gasteiger partial charge on any atom is -0.481 e. The fourth-order valence-electron chi connectivity index (χ4n) is 1.71. The molecule has 0 fully saturated rings. The molecule has 0 bridgehead atoms. The van der Waals surface area contributed by atoms with E-state index in [0.717, 1.165) is 17.0 Å². The average Bonchev–Trinajstić information content (AvgIpc) is 2.15. The summed E-state index contributed by atoms with van der Waals surface area (Å²) in [6.45, 7) is 6.49. The summed E-state index contributed by atoms with van der Waals surface area (Å²) in [5, 5.41) is 2.81. The minimum absolute atomic E-state index is 0.0212. The molecule has 80 valence electrons. The molecule has 1 aliphatic rings. The number of benzene rings is 1. The van der Waals surface area contributed by atoms with Crippen LogP contribution in [0.25, 0.3) is 0 Å². The zero-order valence-corrected chi connectivity index (χ0v) is 9.26. The van der Waals surface area contributed by atoms with Crippen molar-refractivity contribution in [2.24, 2.45) is 0 Å². The van der Waals surface area contributed by atoms with Crippen LogP contribution in [0, 0.1) is 0 Å². The average molecular weight is 205 g/mol. The number of nitrogens with one attached hydrogen (secondary N) is 1. The molecule has 1 aromatic carbocycles. The fourth-order valence-corrected chi connectivity index (χ4v) is 1.71. The molecule has 1 N–H and O–H groups in total. The van der Waals surface area contributed by atoms with E-state index in [-0.39, 0.29) is 17.9 Å². The number of ether oxygens (including phenoxy) is 1. The van der Waals surface area contributed by atoms with Gasteiger partial charge in [-0.25, -0.2) is 0 Å². The second kappa shape index (κ2) is 3.26. The monoisotopic (exact) mass is 205 g/mol. The van der Waals surface area contributed by atoms with Gasteiger partial charge in [0.1, 0.15) is 5.75 Å². The van der Waals surface area contributed by atoms with Crippen molar-refractivity contribution in [1.82, 2.24) is 0 Å². The molecule has 15 heavy (non-hydrogen) atoms. The molecular weight excluding hydrogens is 190 g/mol. The van der Waals surface area contributed by atoms with Gasteiger partial charge in [-0.3, -0.25) is 4.79 Å². The summed E-state index contributed by atoms with van der Waals surface area (Å²) in [5.41, 5.74) is 1.92. The highest BCUT2D eigenvalue weighted by molar-refractivity contribution is 5.95. The Morgan fingerprint density at radius 1 is 1.33 bits per heavy atom. The summed E-state index contributed by atoms with van der Waals surface area (Å²) < 4.78 is 5.48. The van der Waals surface area contributed by atoms with Crippen LogP contribution >= 0.6 is 0 Å². The van der Waals surface area contributed by atoms with Crippen LogP contribution in [0.4, 0.5) is 5.69 Å². The Balaban J connectivity index is 2.51. The number of hydrogen-bond acceptors (Lipinski definition) is 2. The second-order valence-corrected chi connectivity index (χ2v) is 4.77. The van der Waals surface area contributed by atoms with Gasteiger partial charge in [0.25, 0.3) is 5.91 Å². The third-order valence-corrected chi connectivity index (χ3v) is 2.44. The molecule has 1 amide bonds. The van der Waals surface area contributed by atoms with E-state index in [4.69, 9.17) is 4.74 Å². The van der Waals surface area contributed by atoms with Gasteiger partial charge in [-0.15, -0.1) is 0 Å². The molecule has 0 atom stereocenters. The van der Waals surface area contributed by atoms with E-state index in [2.05, 4.69) is 26.1 Å². The number of fused-ring (bicyclic) bond motifs is 1. The summed E-state index contributed by atoms with van der Waals surface area (Å²) in [5.74, 6) is 0.721. The van der Waals surface area contributed by atoms with Gasteiger partial charge in [0, 0.05) is 5.56 Å². The molecule has 3 heteroatoms. The summed E-state index contributed by atoms with van der Waals surface area (Å²) >= 11 is 0. The standard InChI is InChI=1S/C12H15NO2/c1-12(2,3)8-5-4-6-9-11(8)15-7-10(14)13-9/h4-6H,7H2,1-3H3,(H,13,14). The zero-order chi connectivity index (χ0) is 11.1. The third kappa shape index (κ3) is 1.82. The first-order valence-electron chi connectivity index (χ1n) is 5.04. The first-order chi connectivity index (χ1) is 6.98. The molecule has 0 saturated heterocycles. The molecule has 0 saturated carbocycles. The topological polar surface area (TPSA) is 38.3 Å². The number of hydrogen-bond donors (Lipinski definition) is 1. The van der Waals surface area contributed by atoms with Crippen LogP contribution in [0.3, 0.4) is 0 Å². The maximum absolute atomic E-state index is 11.2. The van der Waals surface area contributed by atoms with Gasteiger partial charge in [-0.05, 0) is 11.5 Å². The van der Waals surface area contributed by atoms with E-state index < -0.39 is 0 Å². The Bertz CT molecular complexity index is 405. The molecule has 2 rings (SSSR count). The predicted molar refractivity (Wildman–Crippen MR) is 59.3 cm³/mol. The van der Waals surface area contributed by atoms with Crippen molar-refractivity contribution in [2.75, 3.05) is 11.9 Å². The van der Waals surface area contributed by atoms with Gasteiger partial charge in [-0.2, -0.15) is 0 Å². The molecule has 3 nitrogen and oxygen atoms in total. The van der Waals surface area contributed by atoms with Gasteiger partial charge in [-0.1, -0.05) is 32.9 Å². The van der Waals surface area contributed by atoms with Crippen molar-refractivity contribution in [3.05, 3.63) is 23.8 Å². The second-order valence-electron chi connectivity index (χ2n) is 4.77. The summed E-state index contributed by atoms with van der Waals surface area (Å²) in [6.07, 6.45) is 0. The quantitative estimate of drug-likeness (QED) is 0.705. The Hall–Kier alpha value is -1.51. The van der Waals surface area contributed by atoms with Crippen LogP contribution in [-0.4, -0.2) is 12.5 Å². The molecule has 0 aliphatic carbocycles. The van der Waals surface area contributed by atoms with Crippen LogP contribution in [0.2, 0.25) is 0 Å². The molecule has 1 aliphatic heterocycles. The number of carbonyl (C=O) groups is 1. The lowest BCUT2D eigenvalue weighted by Gasteiger charge is -2.27. The molecule has 0 unspecified atom stereocenters. The molecule has 0 spiro atoms. The van der Waals surface area contributed by atoms with Crippen LogP contribution in [-0.2, 0) is 10.2 Å². The van der Waals surface area contributed by atoms with E-state index in [1.807, 2.05) is 18.2 Å². The first kappa shape index (κ1) is 10.0. The first-order valence-corrected chi connectivity index (χ1v) is 5.04. The third-order valence-electron chi connectivity index (χ3n) is 2.44. The number of anilines is 1. The zero-order valence-electron chi connectivity index (χ0n) is 9.26. The van der Waals surface area contributed by atoms with Gasteiger partial charge in [0.05, 0.1) is 5.69 Å². The van der Waals surface area contributed by atoms with Crippen molar-refractivity contribution in [3.63, 3.8) is 0 Å². The van der Waals surface area contributed by atoms with Crippen molar-refractivity contribution < 1.29 is 9.53 Å². The SMILES string of the molecule is CC(C)(C)c1cccc2c1OCC(=O)N2. The maximum atomic E-state index is 11.2. The van der Waals surface area contributed by atoms with Crippen molar-refractivity contribution in [3.8, 4) is 5.75 Å². The molecular formula is C12H15NO2. The van der Waals surface area contributed by atoms with E-state index in [0.29, 0.717) is 0 Å². The van der Waals surface area contributed by atoms with Crippen molar-refractivity contribution in [1.29, 1.82) is 0 Å². The lowest BCUT2D eigenvalue weighted by molar-refractivity contribution is -0.118. The van der Waals surface area contributed by atoms with Crippen LogP contribution in [0.1, 0.15) is 26.3 Å². The van der Waals surface area contributed by atoms with Crippen LogP contribution in [0.15, 0.2) is 18.2 Å². The largest absolute Gasteiger partial charge is 0.481 e. The van der Waals surface area contributed by atoms with E-state index in [1.54, 1.807) is 0 Å². The summed E-state index contributed by atoms with van der Waals surface area (Å²) in [4.78, 5) is 11.2. The fraction of sp³-hybridized carbons (Fsp3) is 0.417. The van der Waals surface area contributed by atoms with E-state index >= 15 is 0 Å². The van der Waals surface area contributed by atoms with Gasteiger partial charge >= 0.3 is 0 Å². The van der Waals surface area contributed by atoms with Crippen molar-refractivity contribution in [2.45, 2.75) is 26.2 Å². The summed E-state index contributed by atoms with van der Waals surface area (Å²) in [6, 6.07) is 5.84. The number of amides is 1. The Kier molecular flexibility index (Phi) is 2.18. The highest BCUT2D eigenvalue weighted by Gasteiger charge is 2.25. The Morgan fingerprint density at radius 2 is 2.07 bits per heavy atom. The summed E-state index contributed by atoms with van der Waals surface area (Å²) in [7, 11) is 0. The molecule has 1 heterocycles. The molecule has 0 radical (unpaired) electrons. The van der Waals surface area contributed by atoms with E-state index in [1.165, 1.54) is 0 Å². The van der Waals surface area contributed by atoms with Gasteiger partial charge < -0.3 is 10.1 Å². The van der Waals surface area contributed by atoms with E-state index in [9.17, 15) is 4.79 Å². The molecule has 0 aromatic heterocycles. The number of rotatable bonds is 0. The smallest absolute Gasteiger partial charge is 0.262 e. The predicted octanol–water partition coefficient (Wildman–Crippen LogP) is 2.31. The number of carbonyl (C=O) groups excluding carboxylic acids is 1. The van der Waals surface area contributed by atoms with Gasteiger partial charge in [0.2, 0.25) is 0 Å². The van der Waals surface area contributed by atoms with Crippen LogP contribution < -0.4 is 10.1 Å². The normalized spacial score (nSPS) is 15.3. The van der Waals surface area contributed by atoms with Crippen LogP contribution in [0.5, 0.6) is 5.75 Å². The Labute approximate surface area is 89.4 Å². The molecule has 1 aromatic rings. The van der Waals surface area contributed by atoms with Gasteiger partial charge in [0.15, 0.2) is 6.61 Å².